The van der Waals surface area contributed by atoms with Crippen molar-refractivity contribution in [2.24, 2.45) is 10.9 Å². The van der Waals surface area contributed by atoms with E-state index < -0.39 is 0 Å². The summed E-state index contributed by atoms with van der Waals surface area (Å²) >= 11 is 0. The summed E-state index contributed by atoms with van der Waals surface area (Å²) in [6.45, 7) is 8.09. The minimum atomic E-state index is 0.570. The topological polar surface area (TPSA) is 59.2 Å². The number of ether oxygens (including phenoxy) is 2. The lowest BCUT2D eigenvalue weighted by atomic mass is 10.1. The van der Waals surface area contributed by atoms with Gasteiger partial charge in [0.25, 0.3) is 0 Å². The molecule has 1 saturated heterocycles. The summed E-state index contributed by atoms with van der Waals surface area (Å²) in [5, 5.41) is 3.51. The van der Waals surface area contributed by atoms with Crippen LogP contribution >= 0.6 is 0 Å². The standard InChI is InChI=1S/C19H33N3O3/c1-3-4-9-20-19(21-10-7-18-6-5-12-25-18)22-11-8-17(15-22)16-24-14-13-23-2/h5-6,12,17H,3-4,7-11,13-16H2,1-2H3,(H,20,21). The lowest BCUT2D eigenvalue weighted by molar-refractivity contribution is 0.0536. The summed E-state index contributed by atoms with van der Waals surface area (Å²) in [6, 6.07) is 3.94. The van der Waals surface area contributed by atoms with Gasteiger partial charge >= 0.3 is 0 Å². The fourth-order valence-corrected chi connectivity index (χ4v) is 2.92. The molecule has 1 N–H and O–H groups in total. The highest BCUT2D eigenvalue weighted by Crippen LogP contribution is 2.16. The first-order valence-electron chi connectivity index (χ1n) is 9.45. The van der Waals surface area contributed by atoms with E-state index in [1.807, 2.05) is 12.1 Å². The van der Waals surface area contributed by atoms with Gasteiger partial charge in [-0.25, -0.2) is 0 Å². The number of nitrogens with one attached hydrogen (secondary N) is 1. The van der Waals surface area contributed by atoms with Crippen molar-refractivity contribution in [3.05, 3.63) is 24.2 Å². The molecule has 1 fully saturated rings. The largest absolute Gasteiger partial charge is 0.469 e. The molecule has 0 radical (unpaired) electrons. The van der Waals surface area contributed by atoms with E-state index in [0.717, 1.165) is 63.8 Å². The quantitative estimate of drug-likeness (QED) is 0.377. The van der Waals surface area contributed by atoms with E-state index in [-0.39, 0.29) is 0 Å². The fraction of sp³-hybridized carbons (Fsp3) is 0.737. The summed E-state index contributed by atoms with van der Waals surface area (Å²) in [5.74, 6) is 2.60. The lowest BCUT2D eigenvalue weighted by Crippen LogP contribution is -2.41. The molecule has 0 bridgehead atoms. The third-order valence-corrected chi connectivity index (χ3v) is 4.38. The Hall–Kier alpha value is -1.53. The lowest BCUT2D eigenvalue weighted by Gasteiger charge is -2.22. The first kappa shape index (κ1) is 19.8. The predicted octanol–water partition coefficient (Wildman–Crippen LogP) is 2.55. The summed E-state index contributed by atoms with van der Waals surface area (Å²) in [6.07, 6.45) is 6.04. The molecule has 2 rings (SSSR count). The van der Waals surface area contributed by atoms with Crippen LogP contribution in [0.25, 0.3) is 0 Å². The monoisotopic (exact) mass is 351 g/mol. The van der Waals surface area contributed by atoms with Crippen LogP contribution < -0.4 is 5.32 Å². The molecule has 25 heavy (non-hydrogen) atoms. The van der Waals surface area contributed by atoms with E-state index >= 15 is 0 Å². The minimum absolute atomic E-state index is 0.570. The molecule has 0 amide bonds. The van der Waals surface area contributed by atoms with E-state index in [1.54, 1.807) is 13.4 Å². The first-order valence-corrected chi connectivity index (χ1v) is 9.45. The number of unbranched alkanes of at least 4 members (excludes halogenated alkanes) is 1. The Morgan fingerprint density at radius 3 is 3.12 bits per heavy atom. The molecule has 142 valence electrons. The second-order valence-electron chi connectivity index (χ2n) is 6.48. The van der Waals surface area contributed by atoms with Crippen molar-refractivity contribution in [2.45, 2.75) is 32.6 Å². The van der Waals surface area contributed by atoms with Crippen LogP contribution in [0, 0.1) is 5.92 Å². The number of guanidine groups is 1. The van der Waals surface area contributed by atoms with E-state index in [9.17, 15) is 0 Å². The maximum absolute atomic E-state index is 5.69. The summed E-state index contributed by atoms with van der Waals surface area (Å²) in [7, 11) is 1.70. The zero-order valence-corrected chi connectivity index (χ0v) is 15.7. The number of aliphatic imine (C=N–C) groups is 1. The summed E-state index contributed by atoms with van der Waals surface area (Å²) in [5.41, 5.74) is 0. The van der Waals surface area contributed by atoms with Crippen LogP contribution in [0.3, 0.4) is 0 Å². The van der Waals surface area contributed by atoms with Crippen molar-refractivity contribution >= 4 is 5.96 Å². The SMILES string of the molecule is CCCCN=C(NCCc1ccco1)N1CCC(COCCOC)C1. The van der Waals surface area contributed by atoms with Crippen molar-refractivity contribution in [1.29, 1.82) is 0 Å². The van der Waals surface area contributed by atoms with Gasteiger partial charge < -0.3 is 24.1 Å². The van der Waals surface area contributed by atoms with Gasteiger partial charge in [0.2, 0.25) is 0 Å². The molecule has 1 atom stereocenters. The van der Waals surface area contributed by atoms with E-state index in [0.29, 0.717) is 19.1 Å². The van der Waals surface area contributed by atoms with E-state index in [2.05, 4.69) is 17.1 Å². The number of rotatable bonds is 11. The number of methoxy groups -OCH3 is 1. The van der Waals surface area contributed by atoms with Gasteiger partial charge in [-0.2, -0.15) is 0 Å². The number of hydrogen-bond acceptors (Lipinski definition) is 4. The van der Waals surface area contributed by atoms with Gasteiger partial charge in [0.05, 0.1) is 26.1 Å². The van der Waals surface area contributed by atoms with Crippen LogP contribution in [-0.2, 0) is 15.9 Å². The molecule has 2 heterocycles. The smallest absolute Gasteiger partial charge is 0.193 e. The predicted molar refractivity (Wildman–Crippen MR) is 100.0 cm³/mol. The number of furan rings is 1. The summed E-state index contributed by atoms with van der Waals surface area (Å²) in [4.78, 5) is 7.16. The Balaban J connectivity index is 1.77. The highest BCUT2D eigenvalue weighted by Gasteiger charge is 2.25. The van der Waals surface area contributed by atoms with Crippen LogP contribution in [0.4, 0.5) is 0 Å². The molecule has 6 heteroatoms. The van der Waals surface area contributed by atoms with Crippen LogP contribution in [-0.4, -0.2) is 64.0 Å². The molecular weight excluding hydrogens is 318 g/mol. The maximum atomic E-state index is 5.69. The normalized spacial score (nSPS) is 18.1. The van der Waals surface area contributed by atoms with Gasteiger partial charge in [0.15, 0.2) is 5.96 Å². The molecule has 1 aliphatic rings. The van der Waals surface area contributed by atoms with Crippen molar-refractivity contribution in [1.82, 2.24) is 10.2 Å². The molecule has 1 aromatic rings. The molecular formula is C19H33N3O3. The number of hydrogen-bond donors (Lipinski definition) is 1. The molecule has 1 unspecified atom stereocenters. The highest BCUT2D eigenvalue weighted by molar-refractivity contribution is 5.80. The summed E-state index contributed by atoms with van der Waals surface area (Å²) < 4.78 is 16.1. The van der Waals surface area contributed by atoms with Crippen molar-refractivity contribution in [3.63, 3.8) is 0 Å². The van der Waals surface area contributed by atoms with Crippen LogP contribution in [0.1, 0.15) is 31.9 Å². The molecule has 1 aliphatic heterocycles. The fourth-order valence-electron chi connectivity index (χ4n) is 2.92. The van der Waals surface area contributed by atoms with Gasteiger partial charge in [-0.1, -0.05) is 13.3 Å². The first-order chi connectivity index (χ1) is 12.3. The second-order valence-corrected chi connectivity index (χ2v) is 6.48. The average Bonchev–Trinajstić information content (AvgIpc) is 3.29. The molecule has 0 saturated carbocycles. The van der Waals surface area contributed by atoms with E-state index in [4.69, 9.17) is 18.9 Å². The Morgan fingerprint density at radius 1 is 1.44 bits per heavy atom. The van der Waals surface area contributed by atoms with Gasteiger partial charge in [0.1, 0.15) is 5.76 Å². The van der Waals surface area contributed by atoms with Crippen molar-refractivity contribution in [2.75, 3.05) is 53.1 Å². The van der Waals surface area contributed by atoms with Gasteiger partial charge in [-0.15, -0.1) is 0 Å². The number of likely N-dealkylation sites (tertiary alicyclic amines) is 1. The van der Waals surface area contributed by atoms with Crippen LogP contribution in [0.2, 0.25) is 0 Å². The van der Waals surface area contributed by atoms with Gasteiger partial charge in [-0.05, 0) is 25.0 Å². The zero-order chi connectivity index (χ0) is 17.7. The Kier molecular flexibility index (Phi) is 9.44. The van der Waals surface area contributed by atoms with Crippen molar-refractivity contribution < 1.29 is 13.9 Å². The van der Waals surface area contributed by atoms with Crippen LogP contribution in [0.15, 0.2) is 27.8 Å². The Bertz CT molecular complexity index is 476. The molecule has 0 spiro atoms. The zero-order valence-electron chi connectivity index (χ0n) is 15.7. The minimum Gasteiger partial charge on any atom is -0.469 e. The van der Waals surface area contributed by atoms with Gasteiger partial charge in [-0.3, -0.25) is 4.99 Å². The second kappa shape index (κ2) is 11.9. The Labute approximate surface area is 151 Å². The molecule has 6 nitrogen and oxygen atoms in total. The molecule has 1 aromatic heterocycles. The van der Waals surface area contributed by atoms with Crippen molar-refractivity contribution in [3.8, 4) is 0 Å². The highest BCUT2D eigenvalue weighted by atomic mass is 16.5. The molecule has 0 aromatic carbocycles. The third-order valence-electron chi connectivity index (χ3n) is 4.38. The van der Waals surface area contributed by atoms with E-state index in [1.165, 1.54) is 6.42 Å². The van der Waals surface area contributed by atoms with Gasteiger partial charge in [0, 0.05) is 45.6 Å². The van der Waals surface area contributed by atoms with Crippen LogP contribution in [0.5, 0.6) is 0 Å². The molecule has 0 aliphatic carbocycles. The number of nitrogens with zero attached hydrogens (tertiary/aromatic N) is 2. The Morgan fingerprint density at radius 2 is 2.36 bits per heavy atom. The third kappa shape index (κ3) is 7.48. The maximum Gasteiger partial charge on any atom is 0.193 e. The average molecular weight is 351 g/mol.